The highest BCUT2D eigenvalue weighted by molar-refractivity contribution is 5.79. The first-order valence-electron chi connectivity index (χ1n) is 6.44. The van der Waals surface area contributed by atoms with E-state index in [1.54, 1.807) is 25.1 Å². The average molecular weight is 279 g/mol. The third kappa shape index (κ3) is 3.63. The highest BCUT2D eigenvalue weighted by Crippen LogP contribution is 2.30. The quantitative estimate of drug-likeness (QED) is 0.834. The monoisotopic (exact) mass is 279 g/mol. The van der Waals surface area contributed by atoms with Gasteiger partial charge in [0, 0.05) is 6.54 Å². The smallest absolute Gasteiger partial charge is 0.308 e. The fraction of sp³-hybridized carbons (Fsp3) is 0.429. The van der Waals surface area contributed by atoms with Crippen LogP contribution in [-0.4, -0.2) is 36.7 Å². The number of ether oxygens (including phenoxy) is 2. The number of carbonyl (C=O) groups is 2. The Labute approximate surface area is 116 Å². The molecule has 0 saturated carbocycles. The number of carbonyl (C=O) groups excluding carboxylic acids is 1. The third-order valence-corrected chi connectivity index (χ3v) is 3.00. The Bertz CT molecular complexity index is 514. The lowest BCUT2D eigenvalue weighted by atomic mass is 10.1. The largest absolute Gasteiger partial charge is 0.486 e. The molecule has 0 radical (unpaired) electrons. The van der Waals surface area contributed by atoms with E-state index in [9.17, 15) is 9.59 Å². The second kappa shape index (κ2) is 6.27. The van der Waals surface area contributed by atoms with Crippen molar-refractivity contribution in [2.24, 2.45) is 5.92 Å². The molecule has 2 rings (SSSR count). The SMILES string of the molecule is C[C@H](CNC(=O)Cc1ccc2c(c1)OCCO2)C(=O)O. The van der Waals surface area contributed by atoms with Gasteiger partial charge in [-0.2, -0.15) is 0 Å². The van der Waals surface area contributed by atoms with Gasteiger partial charge in [-0.1, -0.05) is 13.0 Å². The normalized spacial score (nSPS) is 14.4. The zero-order chi connectivity index (χ0) is 14.5. The first-order chi connectivity index (χ1) is 9.56. The van der Waals surface area contributed by atoms with Gasteiger partial charge in [-0.3, -0.25) is 9.59 Å². The summed E-state index contributed by atoms with van der Waals surface area (Å²) in [4.78, 5) is 22.4. The molecule has 1 atom stereocenters. The number of carboxylic acid groups (broad SMARTS) is 1. The van der Waals surface area contributed by atoms with Gasteiger partial charge in [0.1, 0.15) is 13.2 Å². The van der Waals surface area contributed by atoms with E-state index in [0.29, 0.717) is 24.7 Å². The van der Waals surface area contributed by atoms with E-state index in [-0.39, 0.29) is 18.9 Å². The third-order valence-electron chi connectivity index (χ3n) is 3.00. The van der Waals surface area contributed by atoms with Crippen LogP contribution in [0.5, 0.6) is 11.5 Å². The van der Waals surface area contributed by atoms with E-state index >= 15 is 0 Å². The van der Waals surface area contributed by atoms with Gasteiger partial charge in [0.05, 0.1) is 12.3 Å². The Morgan fingerprint density at radius 3 is 2.70 bits per heavy atom. The van der Waals surface area contributed by atoms with Gasteiger partial charge in [-0.25, -0.2) is 0 Å². The molecule has 108 valence electrons. The zero-order valence-electron chi connectivity index (χ0n) is 11.2. The van der Waals surface area contributed by atoms with Crippen LogP contribution in [0.1, 0.15) is 12.5 Å². The summed E-state index contributed by atoms with van der Waals surface area (Å²) in [5.74, 6) is -0.418. The first kappa shape index (κ1) is 14.2. The van der Waals surface area contributed by atoms with Crippen molar-refractivity contribution in [1.82, 2.24) is 5.32 Å². The van der Waals surface area contributed by atoms with Gasteiger partial charge in [0.15, 0.2) is 11.5 Å². The number of rotatable bonds is 5. The molecule has 1 heterocycles. The van der Waals surface area contributed by atoms with Crippen molar-refractivity contribution < 1.29 is 24.2 Å². The molecular formula is C14H17NO5. The molecule has 0 fully saturated rings. The number of nitrogens with one attached hydrogen (secondary N) is 1. The van der Waals surface area contributed by atoms with Crippen LogP contribution in [0.4, 0.5) is 0 Å². The summed E-state index contributed by atoms with van der Waals surface area (Å²) < 4.78 is 10.8. The van der Waals surface area contributed by atoms with Crippen LogP contribution in [0.25, 0.3) is 0 Å². The molecule has 20 heavy (non-hydrogen) atoms. The standard InChI is InChI=1S/C14H17NO5/c1-9(14(17)18)8-15-13(16)7-10-2-3-11-12(6-10)20-5-4-19-11/h2-3,6,9H,4-5,7-8H2,1H3,(H,15,16)(H,17,18)/t9-/m1/s1. The van der Waals surface area contributed by atoms with E-state index in [1.165, 1.54) is 0 Å². The maximum Gasteiger partial charge on any atom is 0.308 e. The number of hydrogen-bond acceptors (Lipinski definition) is 4. The molecule has 1 aromatic carbocycles. The molecule has 2 N–H and O–H groups in total. The molecule has 1 amide bonds. The Kier molecular flexibility index (Phi) is 4.45. The van der Waals surface area contributed by atoms with Crippen molar-refractivity contribution in [3.05, 3.63) is 23.8 Å². The van der Waals surface area contributed by atoms with Crippen LogP contribution in [0.2, 0.25) is 0 Å². The molecule has 0 bridgehead atoms. The van der Waals surface area contributed by atoms with Crippen molar-refractivity contribution in [2.45, 2.75) is 13.3 Å². The number of hydrogen-bond donors (Lipinski definition) is 2. The fourth-order valence-electron chi connectivity index (χ4n) is 1.80. The fourth-order valence-corrected chi connectivity index (χ4v) is 1.80. The summed E-state index contributed by atoms with van der Waals surface area (Å²) in [6.45, 7) is 2.70. The zero-order valence-corrected chi connectivity index (χ0v) is 11.2. The van der Waals surface area contributed by atoms with Crippen molar-refractivity contribution >= 4 is 11.9 Å². The van der Waals surface area contributed by atoms with E-state index in [4.69, 9.17) is 14.6 Å². The molecule has 1 aromatic rings. The summed E-state index contributed by atoms with van der Waals surface area (Å²) in [6.07, 6.45) is 0.184. The Balaban J connectivity index is 1.89. The number of amides is 1. The number of fused-ring (bicyclic) bond motifs is 1. The second-order valence-corrected chi connectivity index (χ2v) is 4.70. The minimum atomic E-state index is -0.926. The lowest BCUT2D eigenvalue weighted by molar-refractivity contribution is -0.141. The van der Waals surface area contributed by atoms with Gasteiger partial charge in [0.2, 0.25) is 5.91 Å². The maximum atomic E-state index is 11.7. The number of aliphatic carboxylic acids is 1. The predicted molar refractivity (Wildman–Crippen MR) is 70.9 cm³/mol. The number of carboxylic acids is 1. The van der Waals surface area contributed by atoms with Crippen LogP contribution < -0.4 is 14.8 Å². The van der Waals surface area contributed by atoms with Crippen molar-refractivity contribution in [3.8, 4) is 11.5 Å². The maximum absolute atomic E-state index is 11.7. The van der Waals surface area contributed by atoms with Crippen LogP contribution in [-0.2, 0) is 16.0 Å². The number of benzene rings is 1. The second-order valence-electron chi connectivity index (χ2n) is 4.70. The molecule has 0 saturated heterocycles. The van der Waals surface area contributed by atoms with Gasteiger partial charge in [-0.05, 0) is 17.7 Å². The van der Waals surface area contributed by atoms with Crippen LogP contribution in [0, 0.1) is 5.92 Å². The molecular weight excluding hydrogens is 262 g/mol. The Morgan fingerprint density at radius 2 is 2.00 bits per heavy atom. The van der Waals surface area contributed by atoms with Crippen LogP contribution in [0.3, 0.4) is 0 Å². The molecule has 1 aliphatic rings. The highest BCUT2D eigenvalue weighted by Gasteiger charge is 2.15. The van der Waals surface area contributed by atoms with Gasteiger partial charge < -0.3 is 19.9 Å². The summed E-state index contributed by atoms with van der Waals surface area (Å²) in [6, 6.07) is 5.35. The van der Waals surface area contributed by atoms with Gasteiger partial charge >= 0.3 is 5.97 Å². The molecule has 6 nitrogen and oxygen atoms in total. The highest BCUT2D eigenvalue weighted by atomic mass is 16.6. The minimum absolute atomic E-state index is 0.124. The summed E-state index contributed by atoms with van der Waals surface area (Å²) in [7, 11) is 0. The Hall–Kier alpha value is -2.24. The topological polar surface area (TPSA) is 84.9 Å². The molecule has 0 spiro atoms. The van der Waals surface area contributed by atoms with E-state index in [2.05, 4.69) is 5.32 Å². The average Bonchev–Trinajstić information content (AvgIpc) is 2.44. The molecule has 0 aromatic heterocycles. The lowest BCUT2D eigenvalue weighted by Crippen LogP contribution is -2.32. The Morgan fingerprint density at radius 1 is 1.30 bits per heavy atom. The molecule has 0 aliphatic carbocycles. The molecule has 6 heteroatoms. The van der Waals surface area contributed by atoms with E-state index in [1.807, 2.05) is 0 Å². The van der Waals surface area contributed by atoms with Crippen LogP contribution in [0.15, 0.2) is 18.2 Å². The lowest BCUT2D eigenvalue weighted by Gasteiger charge is -2.18. The summed E-state index contributed by atoms with van der Waals surface area (Å²) in [5, 5.41) is 11.3. The summed E-state index contributed by atoms with van der Waals surface area (Å²) in [5.41, 5.74) is 0.801. The van der Waals surface area contributed by atoms with Crippen molar-refractivity contribution in [3.63, 3.8) is 0 Å². The van der Waals surface area contributed by atoms with E-state index in [0.717, 1.165) is 5.56 Å². The summed E-state index contributed by atoms with van der Waals surface area (Å²) >= 11 is 0. The van der Waals surface area contributed by atoms with Gasteiger partial charge in [-0.15, -0.1) is 0 Å². The molecule has 0 unspecified atom stereocenters. The first-order valence-corrected chi connectivity index (χ1v) is 6.44. The molecule has 1 aliphatic heterocycles. The van der Waals surface area contributed by atoms with Crippen molar-refractivity contribution in [2.75, 3.05) is 19.8 Å². The predicted octanol–water partition coefficient (Wildman–Crippen LogP) is 0.837. The van der Waals surface area contributed by atoms with Crippen molar-refractivity contribution in [1.29, 1.82) is 0 Å². The van der Waals surface area contributed by atoms with Crippen LogP contribution >= 0.6 is 0 Å². The van der Waals surface area contributed by atoms with Gasteiger partial charge in [0.25, 0.3) is 0 Å². The minimum Gasteiger partial charge on any atom is -0.486 e. The van der Waals surface area contributed by atoms with E-state index < -0.39 is 11.9 Å².